The minimum Gasteiger partial charge on any atom is -0.428 e. The van der Waals surface area contributed by atoms with Crippen LogP contribution in [0.25, 0.3) is 0 Å². The molecule has 0 aromatic carbocycles. The molecule has 0 aromatic rings. The lowest BCUT2D eigenvalue weighted by Crippen LogP contribution is -2.07. The lowest BCUT2D eigenvalue weighted by Gasteiger charge is -2.07. The minimum absolute atomic E-state index is 0.829. The third-order valence-corrected chi connectivity index (χ3v) is 7.80. The first-order chi connectivity index (χ1) is 12.5. The SMILES string of the molecule is CCCCCCCCCCCCCCCCCC[Si](Cl)(Cl)Cl.CCO[SiH3]. The summed E-state index contributed by atoms with van der Waals surface area (Å²) >= 11 is 17.6. The van der Waals surface area contributed by atoms with Crippen LogP contribution in [0, 0.1) is 0 Å². The van der Waals surface area contributed by atoms with Crippen LogP contribution in [-0.2, 0) is 4.43 Å². The molecule has 0 heterocycles. The number of unbranched alkanes of at least 4 members (excludes halogenated alkanes) is 15. The Kier molecular flexibility index (Phi) is 27.5. The quantitative estimate of drug-likeness (QED) is 0.113. The van der Waals surface area contributed by atoms with Crippen molar-refractivity contribution in [3.63, 3.8) is 0 Å². The fraction of sp³-hybridized carbons (Fsp3) is 1.00. The highest BCUT2D eigenvalue weighted by Gasteiger charge is 2.23. The van der Waals surface area contributed by atoms with E-state index in [4.69, 9.17) is 33.2 Å². The van der Waals surface area contributed by atoms with Crippen molar-refractivity contribution in [2.45, 2.75) is 123 Å². The van der Waals surface area contributed by atoms with E-state index in [2.05, 4.69) is 11.3 Å². The third-order valence-electron chi connectivity index (χ3n) is 4.60. The van der Waals surface area contributed by atoms with E-state index < -0.39 is 6.00 Å². The smallest absolute Gasteiger partial charge is 0.341 e. The zero-order chi connectivity index (χ0) is 19.9. The Hall–Kier alpha value is 1.26. The molecule has 0 unspecified atom stereocenters. The van der Waals surface area contributed by atoms with E-state index in [1.54, 1.807) is 0 Å². The van der Waals surface area contributed by atoms with Crippen molar-refractivity contribution in [3.05, 3.63) is 0 Å². The van der Waals surface area contributed by atoms with Gasteiger partial charge >= 0.3 is 6.00 Å². The van der Waals surface area contributed by atoms with Crippen molar-refractivity contribution in [2.24, 2.45) is 0 Å². The molecule has 0 rings (SSSR count). The molecule has 0 atom stereocenters. The van der Waals surface area contributed by atoms with Crippen LogP contribution >= 0.6 is 33.2 Å². The van der Waals surface area contributed by atoms with Gasteiger partial charge in [0.05, 0.1) is 0 Å². The van der Waals surface area contributed by atoms with Gasteiger partial charge in [-0.05, 0) is 13.0 Å². The third kappa shape index (κ3) is 32.9. The van der Waals surface area contributed by atoms with Gasteiger partial charge in [0.25, 0.3) is 0 Å². The molecule has 26 heavy (non-hydrogen) atoms. The molecule has 6 heteroatoms. The molecule has 0 N–H and O–H groups in total. The summed E-state index contributed by atoms with van der Waals surface area (Å²) in [6.45, 7) is 5.16. The van der Waals surface area contributed by atoms with Gasteiger partial charge in [-0.1, -0.05) is 110 Å². The van der Waals surface area contributed by atoms with Crippen LogP contribution in [0.3, 0.4) is 0 Å². The molecule has 0 aliphatic heterocycles. The van der Waals surface area contributed by atoms with Gasteiger partial charge < -0.3 is 4.43 Å². The van der Waals surface area contributed by atoms with Gasteiger partial charge in [0.15, 0.2) is 0 Å². The highest BCUT2D eigenvalue weighted by atomic mass is 35.8. The van der Waals surface area contributed by atoms with Crippen LogP contribution in [0.15, 0.2) is 0 Å². The molecule has 160 valence electrons. The van der Waals surface area contributed by atoms with E-state index in [0.717, 1.165) is 29.6 Å². The summed E-state index contributed by atoms with van der Waals surface area (Å²) in [7, 11) is 0.890. The van der Waals surface area contributed by atoms with Crippen molar-refractivity contribution < 1.29 is 4.43 Å². The molecule has 0 fully saturated rings. The lowest BCUT2D eigenvalue weighted by atomic mass is 10.0. The van der Waals surface area contributed by atoms with Crippen LogP contribution in [0.5, 0.6) is 0 Å². The predicted octanol–water partition coefficient (Wildman–Crippen LogP) is 8.21. The number of halogens is 3. The van der Waals surface area contributed by atoms with Crippen molar-refractivity contribution in [1.82, 2.24) is 0 Å². The molecule has 0 radical (unpaired) electrons. The fourth-order valence-electron chi connectivity index (χ4n) is 2.87. The normalized spacial score (nSPS) is 11.4. The Balaban J connectivity index is 0. The van der Waals surface area contributed by atoms with Crippen molar-refractivity contribution in [1.29, 1.82) is 0 Å². The number of hydrogen-bond acceptors (Lipinski definition) is 1. The Morgan fingerprint density at radius 3 is 1.08 bits per heavy atom. The summed E-state index contributed by atoms with van der Waals surface area (Å²) < 4.78 is 4.68. The molecule has 0 bridgehead atoms. The molecule has 0 aliphatic rings. The summed E-state index contributed by atoms with van der Waals surface area (Å²) in [5.74, 6) is 0. The highest BCUT2D eigenvalue weighted by Crippen LogP contribution is 2.27. The molecule has 0 aromatic heterocycles. The Bertz CT molecular complexity index is 250. The number of hydrogen-bond donors (Lipinski definition) is 0. The van der Waals surface area contributed by atoms with Crippen LogP contribution in [-0.4, -0.2) is 23.1 Å². The zero-order valence-corrected chi connectivity index (χ0v) is 23.0. The second kappa shape index (κ2) is 24.3. The van der Waals surface area contributed by atoms with Crippen molar-refractivity contribution in [3.8, 4) is 0 Å². The summed E-state index contributed by atoms with van der Waals surface area (Å²) in [5.41, 5.74) is 0. The standard InChI is InChI=1S/C18H37Cl3Si.C2H8OSi/c1-2-3-4-5-6-7-8-9-10-11-12-13-14-15-16-17-18-22(19,20)21;1-2-3-4/h2-18H2,1H3;2H2,1,4H3. The average molecular weight is 464 g/mol. The summed E-state index contributed by atoms with van der Waals surface area (Å²) in [5, 5.41) is 0. The van der Waals surface area contributed by atoms with Crippen LogP contribution in [0.4, 0.5) is 0 Å². The van der Waals surface area contributed by atoms with E-state index >= 15 is 0 Å². The van der Waals surface area contributed by atoms with Crippen LogP contribution in [0.1, 0.15) is 117 Å². The maximum atomic E-state index is 5.87. The fourth-order valence-corrected chi connectivity index (χ4v) is 4.73. The van der Waals surface area contributed by atoms with Gasteiger partial charge in [-0.25, -0.2) is 0 Å². The van der Waals surface area contributed by atoms with Crippen LogP contribution in [0.2, 0.25) is 6.04 Å². The summed E-state index contributed by atoms with van der Waals surface area (Å²) in [4.78, 5) is 0. The van der Waals surface area contributed by atoms with E-state index in [-0.39, 0.29) is 0 Å². The van der Waals surface area contributed by atoms with E-state index in [0.29, 0.717) is 0 Å². The maximum Gasteiger partial charge on any atom is 0.341 e. The Morgan fingerprint density at radius 1 is 0.577 bits per heavy atom. The second-order valence-corrected chi connectivity index (χ2v) is 17.1. The molecule has 0 saturated carbocycles. The highest BCUT2D eigenvalue weighted by molar-refractivity contribution is 7.64. The predicted molar refractivity (Wildman–Crippen MR) is 129 cm³/mol. The minimum atomic E-state index is -2.35. The van der Waals surface area contributed by atoms with Gasteiger partial charge in [-0.15, -0.1) is 33.2 Å². The van der Waals surface area contributed by atoms with Crippen molar-refractivity contribution >= 4 is 49.7 Å². The summed E-state index contributed by atoms with van der Waals surface area (Å²) in [6, 6.07) is -1.52. The average Bonchev–Trinajstić information content (AvgIpc) is 2.60. The van der Waals surface area contributed by atoms with Crippen LogP contribution < -0.4 is 0 Å². The monoisotopic (exact) mass is 462 g/mol. The lowest BCUT2D eigenvalue weighted by molar-refractivity contribution is 0.375. The summed E-state index contributed by atoms with van der Waals surface area (Å²) in [6.07, 6.45) is 22.2. The largest absolute Gasteiger partial charge is 0.428 e. The second-order valence-electron chi connectivity index (χ2n) is 7.25. The van der Waals surface area contributed by atoms with Gasteiger partial charge in [-0.2, -0.15) is 0 Å². The van der Waals surface area contributed by atoms with E-state index in [1.165, 1.54) is 96.3 Å². The molecular formula is C20H45Cl3OSi2. The molecule has 1 nitrogen and oxygen atoms in total. The first kappa shape index (κ1) is 29.5. The molecular weight excluding hydrogens is 419 g/mol. The first-order valence-electron chi connectivity index (χ1n) is 11.0. The number of rotatable bonds is 18. The maximum absolute atomic E-state index is 5.87. The van der Waals surface area contributed by atoms with Gasteiger partial charge in [0, 0.05) is 6.61 Å². The zero-order valence-electron chi connectivity index (χ0n) is 17.8. The molecule has 0 spiro atoms. The molecule has 0 aliphatic carbocycles. The topological polar surface area (TPSA) is 9.23 Å². The first-order valence-corrected chi connectivity index (χ1v) is 17.1. The van der Waals surface area contributed by atoms with Gasteiger partial charge in [0.1, 0.15) is 10.5 Å². The van der Waals surface area contributed by atoms with Gasteiger partial charge in [0.2, 0.25) is 0 Å². The molecule has 0 amide bonds. The van der Waals surface area contributed by atoms with Crippen molar-refractivity contribution in [2.75, 3.05) is 6.61 Å². The van der Waals surface area contributed by atoms with E-state index in [1.807, 2.05) is 6.92 Å². The Labute approximate surface area is 182 Å². The van der Waals surface area contributed by atoms with Gasteiger partial charge in [-0.3, -0.25) is 0 Å². The molecule has 0 saturated heterocycles. The van der Waals surface area contributed by atoms with E-state index in [9.17, 15) is 0 Å². The Morgan fingerprint density at radius 2 is 0.846 bits per heavy atom.